The molecule has 6 nitrogen and oxygen atoms in total. The van der Waals surface area contributed by atoms with Gasteiger partial charge in [-0.05, 0) is 19.1 Å². The molecule has 2 rings (SSSR count). The zero-order chi connectivity index (χ0) is 20.3. The van der Waals surface area contributed by atoms with Crippen molar-refractivity contribution in [2.75, 3.05) is 0 Å². The predicted octanol–water partition coefficient (Wildman–Crippen LogP) is 4.27. The molecule has 0 fully saturated rings. The van der Waals surface area contributed by atoms with Crippen molar-refractivity contribution < 1.29 is 45.7 Å². The van der Waals surface area contributed by atoms with Crippen LogP contribution in [0.2, 0.25) is 0 Å². The Balaban J connectivity index is 2.22. The monoisotopic (exact) mass is 410 g/mol. The van der Waals surface area contributed by atoms with Gasteiger partial charge in [0.2, 0.25) is 34.8 Å². The summed E-state index contributed by atoms with van der Waals surface area (Å²) in [5.74, 6) is -14.4. The molecule has 0 aliphatic rings. The largest absolute Gasteiger partial charge is 0.664 e. The maximum Gasteiger partial charge on any atom is 0.664 e. The van der Waals surface area contributed by atoms with Gasteiger partial charge >= 0.3 is 14.1 Å². The van der Waals surface area contributed by atoms with Crippen molar-refractivity contribution in [1.29, 1.82) is 0 Å². The number of nitrogens with one attached hydrogen (secondary N) is 1. The highest BCUT2D eigenvalue weighted by atomic mass is 31.1. The predicted molar refractivity (Wildman–Crippen MR) is 81.2 cm³/mol. The molecule has 27 heavy (non-hydrogen) atoms. The Morgan fingerprint density at radius 1 is 1.04 bits per heavy atom. The number of rotatable bonds is 7. The summed E-state index contributed by atoms with van der Waals surface area (Å²) in [5, 5.41) is 10.8. The van der Waals surface area contributed by atoms with Gasteiger partial charge in [0, 0.05) is 10.6 Å². The van der Waals surface area contributed by atoms with Gasteiger partial charge in [0.15, 0.2) is 5.75 Å². The molecule has 144 valence electrons. The average Bonchev–Trinajstić information content (AvgIpc) is 2.62. The molecule has 12 heteroatoms. The zero-order valence-corrected chi connectivity index (χ0v) is 14.2. The summed E-state index contributed by atoms with van der Waals surface area (Å²) < 4.78 is 87.9. The van der Waals surface area contributed by atoms with Crippen LogP contribution >= 0.6 is 8.18 Å². The van der Waals surface area contributed by atoms with Crippen molar-refractivity contribution >= 4 is 14.1 Å². The van der Waals surface area contributed by atoms with E-state index >= 15 is 0 Å². The first-order chi connectivity index (χ1) is 12.6. The normalized spacial score (nSPS) is 12.4. The van der Waals surface area contributed by atoms with Gasteiger partial charge in [-0.15, -0.1) is 0 Å². The van der Waals surface area contributed by atoms with Crippen LogP contribution in [-0.4, -0.2) is 17.1 Å². The van der Waals surface area contributed by atoms with Crippen molar-refractivity contribution in [3.63, 3.8) is 0 Å². The summed E-state index contributed by atoms with van der Waals surface area (Å²) in [7, 11) is -2.68. The summed E-state index contributed by atoms with van der Waals surface area (Å²) in [6, 6.07) is 3.34. The molecule has 1 unspecified atom stereocenters. The van der Waals surface area contributed by atoms with Crippen LogP contribution in [0, 0.1) is 29.1 Å². The lowest BCUT2D eigenvalue weighted by atomic mass is 10.2. The molecule has 0 amide bonds. The molecular weight excluding hydrogens is 400 g/mol. The fourth-order valence-electron chi connectivity index (χ4n) is 1.72. The second kappa shape index (κ2) is 8.28. The third-order valence-electron chi connectivity index (χ3n) is 3.05. The summed E-state index contributed by atoms with van der Waals surface area (Å²) >= 11 is 0. The van der Waals surface area contributed by atoms with E-state index in [1.807, 2.05) is 0 Å². The molecule has 0 bridgehead atoms. The van der Waals surface area contributed by atoms with Crippen molar-refractivity contribution in [2.24, 2.45) is 0 Å². The highest BCUT2D eigenvalue weighted by Crippen LogP contribution is 2.34. The highest BCUT2D eigenvalue weighted by Gasteiger charge is 2.29. The Morgan fingerprint density at radius 3 is 2.11 bits per heavy atom. The van der Waals surface area contributed by atoms with Crippen LogP contribution in [0.5, 0.6) is 17.2 Å². The standard InChI is InChI=1S/C15H9F5NO5P/c1-6(15(22)23)21-27(24)26-8-4-2-3-7(5-8)25-14-12(19)10(17)9(16)11(18)13(14)20/h2-6H,1H3,(H-,21,22,23,24)/p+1/t6-/m0/s1. The Hall–Kier alpha value is -2.78. The van der Waals surface area contributed by atoms with Crippen LogP contribution in [0.1, 0.15) is 6.92 Å². The quantitative estimate of drug-likeness (QED) is 0.307. The van der Waals surface area contributed by atoms with Gasteiger partial charge in [-0.3, -0.25) is 4.79 Å². The van der Waals surface area contributed by atoms with Gasteiger partial charge in [0.25, 0.3) is 0 Å². The molecule has 0 saturated heterocycles. The van der Waals surface area contributed by atoms with Crippen LogP contribution < -0.4 is 14.3 Å². The molecule has 2 N–H and O–H groups in total. The van der Waals surface area contributed by atoms with Crippen LogP contribution in [0.15, 0.2) is 24.3 Å². The van der Waals surface area contributed by atoms with Crippen LogP contribution in [0.3, 0.4) is 0 Å². The molecule has 0 spiro atoms. The number of aliphatic carboxylic acids is 1. The van der Waals surface area contributed by atoms with Gasteiger partial charge in [-0.25, -0.2) is 17.7 Å². The molecule has 0 aliphatic carbocycles. The van der Waals surface area contributed by atoms with Crippen molar-refractivity contribution in [2.45, 2.75) is 13.0 Å². The summed E-state index contributed by atoms with van der Waals surface area (Å²) in [5.41, 5.74) is 0. The maximum absolute atomic E-state index is 13.6. The smallest absolute Gasteiger partial charge is 0.480 e. The van der Waals surface area contributed by atoms with Crippen LogP contribution in [0.25, 0.3) is 0 Å². The molecular formula is C15H10F5NO5P+. The van der Waals surface area contributed by atoms with Gasteiger partial charge in [-0.2, -0.15) is 8.78 Å². The number of carboxylic acids is 1. The number of benzene rings is 2. The lowest BCUT2D eigenvalue weighted by Crippen LogP contribution is -2.29. The fourth-order valence-corrected chi connectivity index (χ4v) is 2.51. The number of halogens is 5. The molecule has 2 aromatic carbocycles. The van der Waals surface area contributed by atoms with Crippen molar-refractivity contribution in [3.8, 4) is 17.2 Å². The minimum Gasteiger partial charge on any atom is -0.480 e. The van der Waals surface area contributed by atoms with E-state index in [0.717, 1.165) is 12.1 Å². The van der Waals surface area contributed by atoms with Gasteiger partial charge in [0.05, 0.1) is 0 Å². The van der Waals surface area contributed by atoms with E-state index in [0.29, 0.717) is 0 Å². The lowest BCUT2D eigenvalue weighted by molar-refractivity contribution is -0.138. The zero-order valence-electron chi connectivity index (χ0n) is 13.3. The number of carbonyl (C=O) groups is 1. The molecule has 0 heterocycles. The molecule has 2 aromatic rings. The maximum atomic E-state index is 13.6. The van der Waals surface area contributed by atoms with Gasteiger partial charge in [0.1, 0.15) is 11.8 Å². The second-order valence-corrected chi connectivity index (χ2v) is 5.97. The third-order valence-corrected chi connectivity index (χ3v) is 4.03. The molecule has 0 aliphatic heterocycles. The number of carboxylic acid groups (broad SMARTS) is 1. The van der Waals surface area contributed by atoms with E-state index in [4.69, 9.17) is 14.4 Å². The van der Waals surface area contributed by atoms with E-state index in [1.165, 1.54) is 19.1 Å². The van der Waals surface area contributed by atoms with E-state index in [1.54, 1.807) is 0 Å². The van der Waals surface area contributed by atoms with Crippen LogP contribution in [-0.2, 0) is 9.36 Å². The Bertz CT molecular complexity index is 881. The SMILES string of the molecule is C[C@H](N[P+](=O)Oc1cccc(Oc2c(F)c(F)c(F)c(F)c2F)c1)C(=O)O. The minimum atomic E-state index is -2.68. The highest BCUT2D eigenvalue weighted by molar-refractivity contribution is 7.37. The average molecular weight is 410 g/mol. The second-order valence-electron chi connectivity index (χ2n) is 5.01. The molecule has 0 aromatic heterocycles. The number of ether oxygens (including phenoxy) is 1. The molecule has 2 atom stereocenters. The summed E-state index contributed by atoms with van der Waals surface area (Å²) in [6.07, 6.45) is 0. The summed E-state index contributed by atoms with van der Waals surface area (Å²) in [6.45, 7) is 1.21. The van der Waals surface area contributed by atoms with Crippen molar-refractivity contribution in [3.05, 3.63) is 53.4 Å². The first-order valence-electron chi connectivity index (χ1n) is 7.05. The Morgan fingerprint density at radius 2 is 1.56 bits per heavy atom. The lowest BCUT2D eigenvalue weighted by Gasteiger charge is -2.10. The number of hydrogen-bond acceptors (Lipinski definition) is 4. The van der Waals surface area contributed by atoms with Crippen LogP contribution in [0.4, 0.5) is 22.0 Å². The third kappa shape index (κ3) is 4.69. The topological polar surface area (TPSA) is 84.9 Å². The van der Waals surface area contributed by atoms with Gasteiger partial charge < -0.3 is 9.84 Å². The fraction of sp³-hybridized carbons (Fsp3) is 0.133. The first kappa shape index (κ1) is 20.5. The molecule has 0 radical (unpaired) electrons. The number of hydrogen-bond donors (Lipinski definition) is 2. The first-order valence-corrected chi connectivity index (χ1v) is 8.23. The molecule has 0 saturated carbocycles. The van der Waals surface area contributed by atoms with E-state index in [9.17, 15) is 31.3 Å². The minimum absolute atomic E-state index is 0.178. The van der Waals surface area contributed by atoms with E-state index in [-0.39, 0.29) is 11.5 Å². The van der Waals surface area contributed by atoms with E-state index < -0.39 is 55.0 Å². The van der Waals surface area contributed by atoms with Gasteiger partial charge in [-0.1, -0.05) is 11.2 Å². The summed E-state index contributed by atoms with van der Waals surface area (Å²) in [4.78, 5) is 10.7. The van der Waals surface area contributed by atoms with Crippen molar-refractivity contribution in [1.82, 2.24) is 5.09 Å². The van der Waals surface area contributed by atoms with E-state index in [2.05, 4.69) is 5.09 Å². The Kier molecular flexibility index (Phi) is 6.29. The Labute approximate surface area is 149 Å².